The first-order chi connectivity index (χ1) is 16.4. The molecule has 0 spiro atoms. The largest absolute Gasteiger partial charge is 0.488 e. The second-order valence-corrected chi connectivity index (χ2v) is 8.63. The number of carbonyl (C=O) groups excluding carboxylic acids is 3. The number of nitrogens with zero attached hydrogens (tertiary/aromatic N) is 1. The molecule has 0 saturated carbocycles. The molecule has 0 unspecified atom stereocenters. The maximum absolute atomic E-state index is 13.4. The molecule has 3 aromatic rings. The molecule has 1 aliphatic heterocycles. The number of hydrogen-bond donors (Lipinski definition) is 1. The number of ether oxygens (including phenoxy) is 1. The minimum absolute atomic E-state index is 0.142. The summed E-state index contributed by atoms with van der Waals surface area (Å²) in [6.07, 6.45) is 1.56. The molecule has 0 aromatic heterocycles. The van der Waals surface area contributed by atoms with Gasteiger partial charge in [0.2, 0.25) is 5.91 Å². The molecule has 0 atom stereocenters. The average Bonchev–Trinajstić information content (AvgIpc) is 3.07. The average molecular weight is 477 g/mol. The van der Waals surface area contributed by atoms with Gasteiger partial charge >= 0.3 is 0 Å². The van der Waals surface area contributed by atoms with E-state index in [2.05, 4.69) is 5.32 Å². The molecule has 0 bridgehead atoms. The van der Waals surface area contributed by atoms with E-state index in [1.54, 1.807) is 54.6 Å². The summed E-state index contributed by atoms with van der Waals surface area (Å²) < 4.78 is 19.2. The first kappa shape index (κ1) is 23.3. The Bertz CT molecular complexity index is 1270. The van der Waals surface area contributed by atoms with Crippen molar-refractivity contribution < 1.29 is 23.5 Å². The van der Waals surface area contributed by atoms with Gasteiger partial charge in [-0.3, -0.25) is 19.3 Å². The van der Waals surface area contributed by atoms with Crippen LogP contribution >= 0.6 is 11.8 Å². The van der Waals surface area contributed by atoms with Gasteiger partial charge in [-0.15, -0.1) is 0 Å². The lowest BCUT2D eigenvalue weighted by atomic mass is 10.1. The summed E-state index contributed by atoms with van der Waals surface area (Å²) in [6, 6.07) is 20.3. The highest BCUT2D eigenvalue weighted by molar-refractivity contribution is 8.18. The van der Waals surface area contributed by atoms with E-state index in [1.165, 1.54) is 12.1 Å². The SMILES string of the molecule is Cc1ccc(NC(=O)CN2C(=O)S/C(=C\c3ccccc3OCc3cccc(F)c3)C2=O)cc1. The number of amides is 3. The predicted molar refractivity (Wildman–Crippen MR) is 130 cm³/mol. The van der Waals surface area contributed by atoms with Gasteiger partial charge in [-0.2, -0.15) is 0 Å². The molecule has 34 heavy (non-hydrogen) atoms. The third-order valence-electron chi connectivity index (χ3n) is 5.00. The van der Waals surface area contributed by atoms with Gasteiger partial charge in [-0.05, 0) is 60.7 Å². The quantitative estimate of drug-likeness (QED) is 0.463. The summed E-state index contributed by atoms with van der Waals surface area (Å²) >= 11 is 0.765. The van der Waals surface area contributed by atoms with Gasteiger partial charge < -0.3 is 10.1 Å². The normalized spacial score (nSPS) is 14.5. The van der Waals surface area contributed by atoms with E-state index < -0.39 is 17.1 Å². The van der Waals surface area contributed by atoms with E-state index in [4.69, 9.17) is 4.74 Å². The van der Waals surface area contributed by atoms with Crippen LogP contribution in [0.25, 0.3) is 6.08 Å². The summed E-state index contributed by atoms with van der Waals surface area (Å²) in [5.74, 6) is -0.884. The second kappa shape index (κ2) is 10.4. The number of halogens is 1. The zero-order valence-corrected chi connectivity index (χ0v) is 19.1. The van der Waals surface area contributed by atoms with Gasteiger partial charge in [0, 0.05) is 11.3 Å². The lowest BCUT2D eigenvalue weighted by Gasteiger charge is -2.12. The minimum atomic E-state index is -0.547. The van der Waals surface area contributed by atoms with Crippen LogP contribution in [0.1, 0.15) is 16.7 Å². The highest BCUT2D eigenvalue weighted by atomic mass is 32.2. The van der Waals surface area contributed by atoms with Crippen LogP contribution in [-0.4, -0.2) is 28.5 Å². The molecule has 1 saturated heterocycles. The highest BCUT2D eigenvalue weighted by Gasteiger charge is 2.36. The number of benzene rings is 3. The van der Waals surface area contributed by atoms with Gasteiger partial charge in [0.15, 0.2) is 0 Å². The minimum Gasteiger partial charge on any atom is -0.488 e. The Morgan fingerprint density at radius 1 is 1.06 bits per heavy atom. The Kier molecular flexibility index (Phi) is 7.08. The van der Waals surface area contributed by atoms with Crippen molar-refractivity contribution in [2.45, 2.75) is 13.5 Å². The Morgan fingerprint density at radius 3 is 2.59 bits per heavy atom. The van der Waals surface area contributed by atoms with Crippen LogP contribution in [0.15, 0.2) is 77.7 Å². The van der Waals surface area contributed by atoms with Crippen molar-refractivity contribution in [2.24, 2.45) is 0 Å². The van der Waals surface area contributed by atoms with Crippen LogP contribution in [0.2, 0.25) is 0 Å². The van der Waals surface area contributed by atoms with Crippen LogP contribution in [0, 0.1) is 12.7 Å². The third kappa shape index (κ3) is 5.71. The van der Waals surface area contributed by atoms with Gasteiger partial charge in [0.25, 0.3) is 11.1 Å². The van der Waals surface area contributed by atoms with E-state index in [-0.39, 0.29) is 23.9 Å². The number of carbonyl (C=O) groups is 3. The molecule has 8 heteroatoms. The van der Waals surface area contributed by atoms with Crippen molar-refractivity contribution in [3.63, 3.8) is 0 Å². The molecule has 4 rings (SSSR count). The summed E-state index contributed by atoms with van der Waals surface area (Å²) in [5.41, 5.74) is 2.89. The lowest BCUT2D eigenvalue weighted by molar-refractivity contribution is -0.127. The van der Waals surface area contributed by atoms with E-state index in [0.29, 0.717) is 22.6 Å². The second-order valence-electron chi connectivity index (χ2n) is 7.64. The van der Waals surface area contributed by atoms with E-state index in [1.807, 2.05) is 19.1 Å². The highest BCUT2D eigenvalue weighted by Crippen LogP contribution is 2.34. The molecule has 172 valence electrons. The number of aryl methyl sites for hydroxylation is 1. The third-order valence-corrected chi connectivity index (χ3v) is 5.91. The van der Waals surface area contributed by atoms with Gasteiger partial charge in [-0.1, -0.05) is 48.0 Å². The standard InChI is InChI=1S/C26H21FN2O4S/c1-17-9-11-21(12-10-17)28-24(30)15-29-25(31)23(34-26(29)32)14-19-6-2-3-8-22(19)33-16-18-5-4-7-20(27)13-18/h2-14H,15-16H2,1H3,(H,28,30)/b23-14-. The van der Waals surface area contributed by atoms with Gasteiger partial charge in [0.05, 0.1) is 4.91 Å². The Balaban J connectivity index is 1.44. The van der Waals surface area contributed by atoms with E-state index in [9.17, 15) is 18.8 Å². The molecular formula is C26H21FN2O4S. The summed E-state index contributed by atoms with van der Waals surface area (Å²) in [4.78, 5) is 38.7. The Labute approximate surface area is 200 Å². The first-order valence-corrected chi connectivity index (χ1v) is 11.3. The zero-order valence-electron chi connectivity index (χ0n) is 18.3. The van der Waals surface area contributed by atoms with Crippen LogP contribution < -0.4 is 10.1 Å². The molecule has 1 heterocycles. The molecule has 3 amide bonds. The number of thioether (sulfide) groups is 1. The maximum atomic E-state index is 13.4. The Hall–Kier alpha value is -3.91. The fraction of sp³-hybridized carbons (Fsp3) is 0.115. The fourth-order valence-corrected chi connectivity index (χ4v) is 4.11. The smallest absolute Gasteiger partial charge is 0.294 e. The molecule has 6 nitrogen and oxygen atoms in total. The molecule has 3 aromatic carbocycles. The number of anilines is 1. The predicted octanol–water partition coefficient (Wildman–Crippen LogP) is 5.39. The first-order valence-electron chi connectivity index (χ1n) is 10.5. The van der Waals surface area contributed by atoms with Crippen molar-refractivity contribution in [3.05, 3.63) is 100 Å². The van der Waals surface area contributed by atoms with Crippen molar-refractivity contribution in [2.75, 3.05) is 11.9 Å². The maximum Gasteiger partial charge on any atom is 0.294 e. The van der Waals surface area contributed by atoms with E-state index in [0.717, 1.165) is 22.2 Å². The van der Waals surface area contributed by atoms with E-state index >= 15 is 0 Å². The monoisotopic (exact) mass is 476 g/mol. The van der Waals surface area contributed by atoms with Gasteiger partial charge in [-0.25, -0.2) is 4.39 Å². The molecule has 0 radical (unpaired) electrons. The molecular weight excluding hydrogens is 455 g/mol. The van der Waals surface area contributed by atoms with Crippen LogP contribution in [0.4, 0.5) is 14.9 Å². The number of rotatable bonds is 7. The Morgan fingerprint density at radius 2 is 1.82 bits per heavy atom. The number of nitrogens with one attached hydrogen (secondary N) is 1. The van der Waals surface area contributed by atoms with Crippen LogP contribution in [0.5, 0.6) is 5.75 Å². The van der Waals surface area contributed by atoms with Crippen molar-refractivity contribution in [1.29, 1.82) is 0 Å². The fourth-order valence-electron chi connectivity index (χ4n) is 3.28. The molecule has 1 fully saturated rings. The summed E-state index contributed by atoms with van der Waals surface area (Å²) in [5, 5.41) is 2.17. The van der Waals surface area contributed by atoms with Gasteiger partial charge in [0.1, 0.15) is 24.7 Å². The van der Waals surface area contributed by atoms with Crippen LogP contribution in [0.3, 0.4) is 0 Å². The topological polar surface area (TPSA) is 75.7 Å². The van der Waals surface area contributed by atoms with Crippen molar-refractivity contribution >= 4 is 40.6 Å². The van der Waals surface area contributed by atoms with Crippen molar-refractivity contribution in [3.8, 4) is 5.75 Å². The molecule has 1 aliphatic rings. The number of imide groups is 1. The zero-order chi connectivity index (χ0) is 24.1. The summed E-state index contributed by atoms with van der Waals surface area (Å²) in [7, 11) is 0. The number of para-hydroxylation sites is 1. The molecule has 0 aliphatic carbocycles. The summed E-state index contributed by atoms with van der Waals surface area (Å²) in [6.45, 7) is 1.69. The van der Waals surface area contributed by atoms with Crippen LogP contribution in [-0.2, 0) is 16.2 Å². The number of hydrogen-bond acceptors (Lipinski definition) is 5. The lowest BCUT2D eigenvalue weighted by Crippen LogP contribution is -2.36. The molecule has 1 N–H and O–H groups in total. The van der Waals surface area contributed by atoms with Crippen molar-refractivity contribution in [1.82, 2.24) is 4.90 Å².